The van der Waals surface area contributed by atoms with E-state index in [1.54, 1.807) is 0 Å². The van der Waals surface area contributed by atoms with Crippen LogP contribution in [0.3, 0.4) is 0 Å². The molecule has 0 spiro atoms. The Morgan fingerprint density at radius 2 is 1.76 bits per heavy atom. The zero-order chi connectivity index (χ0) is 11.8. The van der Waals surface area contributed by atoms with Gasteiger partial charge in [0.1, 0.15) is 0 Å². The smallest absolute Gasteiger partial charge is 0.0257 e. The Morgan fingerprint density at radius 3 is 2.53 bits per heavy atom. The van der Waals surface area contributed by atoms with Gasteiger partial charge in [0.25, 0.3) is 0 Å². The van der Waals surface area contributed by atoms with Crippen LogP contribution in [-0.2, 0) is 6.42 Å². The fraction of sp³-hybridized carbons (Fsp3) is 0.125. The molecule has 0 saturated carbocycles. The molecule has 2 aromatic carbocycles. The molecule has 0 aliphatic heterocycles. The third-order valence-corrected chi connectivity index (χ3v) is 4.02. The largest absolute Gasteiger partial charge is 0.0765 e. The minimum Gasteiger partial charge on any atom is -0.0765 e. The lowest BCUT2D eigenvalue weighted by atomic mass is 9.95. The van der Waals surface area contributed by atoms with Crippen LogP contribution in [0, 0.1) is 0 Å². The molecular formula is C16H13Br. The van der Waals surface area contributed by atoms with Crippen molar-refractivity contribution in [1.29, 1.82) is 0 Å². The maximum atomic E-state index is 3.68. The van der Waals surface area contributed by atoms with Crippen LogP contribution in [0.5, 0.6) is 0 Å². The number of hydrogen-bond donors (Lipinski definition) is 0. The van der Waals surface area contributed by atoms with Crippen molar-refractivity contribution >= 4 is 21.5 Å². The first kappa shape index (κ1) is 10.8. The predicted molar refractivity (Wildman–Crippen MR) is 76.9 cm³/mol. The van der Waals surface area contributed by atoms with E-state index in [1.807, 2.05) is 0 Å². The predicted octanol–water partition coefficient (Wildman–Crippen LogP) is 5.08. The third-order valence-electron chi connectivity index (χ3n) is 3.36. The molecule has 3 rings (SSSR count). The standard InChI is InChI=1S/C16H13Br/c1-11-7-8-14-13(11)9-10-15(17)16(14)12-5-3-2-4-6-12/h2-7,9-10H,8H2,1H3. The molecule has 0 atom stereocenters. The van der Waals surface area contributed by atoms with Crippen molar-refractivity contribution in [2.75, 3.05) is 0 Å². The van der Waals surface area contributed by atoms with Crippen molar-refractivity contribution in [3.05, 3.63) is 64.1 Å². The molecule has 0 amide bonds. The van der Waals surface area contributed by atoms with Crippen LogP contribution in [0.15, 0.2) is 53.0 Å². The van der Waals surface area contributed by atoms with E-state index >= 15 is 0 Å². The summed E-state index contributed by atoms with van der Waals surface area (Å²) >= 11 is 3.68. The van der Waals surface area contributed by atoms with Gasteiger partial charge in [-0.05, 0) is 47.2 Å². The average Bonchev–Trinajstić information content (AvgIpc) is 2.72. The number of hydrogen-bond acceptors (Lipinski definition) is 0. The maximum Gasteiger partial charge on any atom is 0.0257 e. The van der Waals surface area contributed by atoms with Gasteiger partial charge in [0, 0.05) is 4.47 Å². The first-order valence-electron chi connectivity index (χ1n) is 5.81. The van der Waals surface area contributed by atoms with Crippen LogP contribution in [0.2, 0.25) is 0 Å². The van der Waals surface area contributed by atoms with Crippen molar-refractivity contribution in [2.45, 2.75) is 13.3 Å². The second-order valence-corrected chi connectivity index (χ2v) is 5.26. The average molecular weight is 285 g/mol. The summed E-state index contributed by atoms with van der Waals surface area (Å²) in [5.74, 6) is 0. The first-order chi connectivity index (χ1) is 8.27. The lowest BCUT2D eigenvalue weighted by Crippen LogP contribution is -1.91. The van der Waals surface area contributed by atoms with Gasteiger partial charge in [0.15, 0.2) is 0 Å². The Bertz CT molecular complexity index is 594. The topological polar surface area (TPSA) is 0 Å². The molecule has 2 aromatic rings. The Morgan fingerprint density at radius 1 is 1.00 bits per heavy atom. The summed E-state index contributed by atoms with van der Waals surface area (Å²) < 4.78 is 1.19. The van der Waals surface area contributed by atoms with E-state index in [0.717, 1.165) is 6.42 Å². The van der Waals surface area contributed by atoms with Gasteiger partial charge in [-0.1, -0.05) is 58.4 Å². The fourth-order valence-corrected chi connectivity index (χ4v) is 3.08. The zero-order valence-electron chi connectivity index (χ0n) is 9.70. The summed E-state index contributed by atoms with van der Waals surface area (Å²) in [5, 5.41) is 0. The van der Waals surface area contributed by atoms with E-state index in [4.69, 9.17) is 0 Å². The molecule has 0 bridgehead atoms. The molecule has 84 valence electrons. The molecule has 0 N–H and O–H groups in total. The van der Waals surface area contributed by atoms with Gasteiger partial charge in [-0.15, -0.1) is 0 Å². The van der Waals surface area contributed by atoms with E-state index in [1.165, 1.54) is 32.3 Å². The highest BCUT2D eigenvalue weighted by atomic mass is 79.9. The summed E-state index contributed by atoms with van der Waals surface area (Å²) in [6, 6.07) is 15.0. The maximum absolute atomic E-state index is 3.68. The normalized spacial score (nSPS) is 13.4. The Balaban J connectivity index is 2.26. The molecular weight excluding hydrogens is 272 g/mol. The van der Waals surface area contributed by atoms with Crippen molar-refractivity contribution in [2.24, 2.45) is 0 Å². The van der Waals surface area contributed by atoms with Gasteiger partial charge < -0.3 is 0 Å². The van der Waals surface area contributed by atoms with Crippen molar-refractivity contribution in [3.63, 3.8) is 0 Å². The lowest BCUT2D eigenvalue weighted by molar-refractivity contribution is 1.30. The van der Waals surface area contributed by atoms with Crippen LogP contribution >= 0.6 is 15.9 Å². The number of benzene rings is 2. The van der Waals surface area contributed by atoms with Crippen LogP contribution in [-0.4, -0.2) is 0 Å². The first-order valence-corrected chi connectivity index (χ1v) is 6.60. The minimum absolute atomic E-state index is 1.05. The summed E-state index contributed by atoms with van der Waals surface area (Å²) in [6.45, 7) is 2.19. The van der Waals surface area contributed by atoms with E-state index in [2.05, 4.69) is 71.4 Å². The quantitative estimate of drug-likeness (QED) is 0.685. The molecule has 1 aliphatic rings. The van der Waals surface area contributed by atoms with Crippen molar-refractivity contribution in [1.82, 2.24) is 0 Å². The molecule has 17 heavy (non-hydrogen) atoms. The van der Waals surface area contributed by atoms with Gasteiger partial charge >= 0.3 is 0 Å². The Labute approximate surface area is 110 Å². The second-order valence-electron chi connectivity index (χ2n) is 4.41. The van der Waals surface area contributed by atoms with Crippen LogP contribution in [0.1, 0.15) is 18.1 Å². The SMILES string of the molecule is CC1=CCc2c1ccc(Br)c2-c1ccccc1. The number of halogens is 1. The Kier molecular flexibility index (Phi) is 2.64. The molecule has 0 saturated heterocycles. The van der Waals surface area contributed by atoms with Crippen LogP contribution in [0.25, 0.3) is 16.7 Å². The molecule has 0 heterocycles. The molecule has 0 fully saturated rings. The van der Waals surface area contributed by atoms with E-state index < -0.39 is 0 Å². The van der Waals surface area contributed by atoms with Gasteiger partial charge in [-0.2, -0.15) is 0 Å². The number of allylic oxidation sites excluding steroid dienone is 2. The highest BCUT2D eigenvalue weighted by Crippen LogP contribution is 2.39. The Hall–Kier alpha value is -1.34. The third kappa shape index (κ3) is 1.75. The lowest BCUT2D eigenvalue weighted by Gasteiger charge is -2.12. The van der Waals surface area contributed by atoms with E-state index in [-0.39, 0.29) is 0 Å². The molecule has 1 heteroatoms. The van der Waals surface area contributed by atoms with E-state index in [0.29, 0.717) is 0 Å². The molecule has 0 radical (unpaired) electrons. The molecule has 0 unspecified atom stereocenters. The van der Waals surface area contributed by atoms with Gasteiger partial charge in [0.2, 0.25) is 0 Å². The summed E-state index contributed by atoms with van der Waals surface area (Å²) in [7, 11) is 0. The minimum atomic E-state index is 1.05. The second kappa shape index (κ2) is 4.15. The van der Waals surface area contributed by atoms with Gasteiger partial charge in [-0.25, -0.2) is 0 Å². The van der Waals surface area contributed by atoms with Crippen LogP contribution in [0.4, 0.5) is 0 Å². The van der Waals surface area contributed by atoms with Gasteiger partial charge in [0.05, 0.1) is 0 Å². The zero-order valence-corrected chi connectivity index (χ0v) is 11.3. The summed E-state index contributed by atoms with van der Waals surface area (Å²) in [6.07, 6.45) is 3.36. The monoisotopic (exact) mass is 284 g/mol. The summed E-state index contributed by atoms with van der Waals surface area (Å²) in [5.41, 5.74) is 6.87. The molecule has 0 aromatic heterocycles. The van der Waals surface area contributed by atoms with E-state index in [9.17, 15) is 0 Å². The highest BCUT2D eigenvalue weighted by molar-refractivity contribution is 9.10. The molecule has 1 aliphatic carbocycles. The van der Waals surface area contributed by atoms with Crippen molar-refractivity contribution < 1.29 is 0 Å². The number of rotatable bonds is 1. The van der Waals surface area contributed by atoms with Crippen LogP contribution < -0.4 is 0 Å². The summed E-state index contributed by atoms with van der Waals surface area (Å²) in [4.78, 5) is 0. The van der Waals surface area contributed by atoms with Crippen molar-refractivity contribution in [3.8, 4) is 11.1 Å². The fourth-order valence-electron chi connectivity index (χ4n) is 2.48. The molecule has 0 nitrogen and oxygen atoms in total. The van der Waals surface area contributed by atoms with Gasteiger partial charge in [-0.3, -0.25) is 0 Å². The number of fused-ring (bicyclic) bond motifs is 1. The highest BCUT2D eigenvalue weighted by Gasteiger charge is 2.17.